The van der Waals surface area contributed by atoms with E-state index < -0.39 is 0 Å². The molecule has 0 saturated heterocycles. The summed E-state index contributed by atoms with van der Waals surface area (Å²) in [7, 11) is 0. The first kappa shape index (κ1) is 30.3. The van der Waals surface area contributed by atoms with Gasteiger partial charge in [0, 0.05) is 49.4 Å². The second-order valence-corrected chi connectivity index (χ2v) is 13.7. The predicted molar refractivity (Wildman–Crippen MR) is 222 cm³/mol. The fourth-order valence-electron chi connectivity index (χ4n) is 8.06. The van der Waals surface area contributed by atoms with Crippen LogP contribution in [0.2, 0.25) is 0 Å². The van der Waals surface area contributed by atoms with Gasteiger partial charge >= 0.3 is 0 Å². The van der Waals surface area contributed by atoms with Crippen molar-refractivity contribution in [3.05, 3.63) is 188 Å². The monoisotopic (exact) mass is 689 g/mol. The van der Waals surface area contributed by atoms with Crippen LogP contribution in [0.25, 0.3) is 99.9 Å². The third-order valence-corrected chi connectivity index (χ3v) is 10.5. The second kappa shape index (κ2) is 12.1. The molecule has 0 aliphatic heterocycles. The molecule has 54 heavy (non-hydrogen) atoms. The van der Waals surface area contributed by atoms with Crippen LogP contribution in [-0.2, 0) is 0 Å². The molecule has 0 unspecified atom stereocenters. The quantitative estimate of drug-likeness (QED) is 0.181. The van der Waals surface area contributed by atoms with Crippen molar-refractivity contribution in [1.82, 2.24) is 24.1 Å². The Hall–Kier alpha value is -7.37. The van der Waals surface area contributed by atoms with Crippen LogP contribution in [0.3, 0.4) is 0 Å². The minimum Gasteiger partial charge on any atom is -0.309 e. The van der Waals surface area contributed by atoms with E-state index in [-0.39, 0.29) is 0 Å². The molecule has 0 spiro atoms. The Morgan fingerprint density at radius 2 is 0.778 bits per heavy atom. The second-order valence-electron chi connectivity index (χ2n) is 13.7. The molecule has 4 aromatic heterocycles. The lowest BCUT2D eigenvalue weighted by molar-refractivity contribution is 1.12. The number of rotatable bonds is 5. The van der Waals surface area contributed by atoms with Gasteiger partial charge in [0.05, 0.1) is 39.0 Å². The summed E-state index contributed by atoms with van der Waals surface area (Å²) >= 11 is 0. The summed E-state index contributed by atoms with van der Waals surface area (Å²) in [5.74, 6) is 0.581. The number of hydrogen-bond acceptors (Lipinski definition) is 3. The summed E-state index contributed by atoms with van der Waals surface area (Å²) in [6.07, 6.45) is 0. The van der Waals surface area contributed by atoms with E-state index in [0.717, 1.165) is 72.6 Å². The minimum absolute atomic E-state index is 0.581. The number of fused-ring (bicyclic) bond motifs is 7. The lowest BCUT2D eigenvalue weighted by Gasteiger charge is -2.16. The number of pyridine rings is 1. The Bertz CT molecular complexity index is 2990. The van der Waals surface area contributed by atoms with Crippen LogP contribution >= 0.6 is 0 Å². The van der Waals surface area contributed by atoms with Crippen LogP contribution in [-0.4, -0.2) is 24.1 Å². The molecule has 0 aliphatic rings. The average molecular weight is 690 g/mol. The van der Waals surface area contributed by atoms with Gasteiger partial charge in [0.2, 0.25) is 0 Å². The Morgan fingerprint density at radius 3 is 1.33 bits per heavy atom. The zero-order valence-corrected chi connectivity index (χ0v) is 29.1. The highest BCUT2D eigenvalue weighted by Crippen LogP contribution is 2.38. The van der Waals surface area contributed by atoms with Gasteiger partial charge in [-0.05, 0) is 60.7 Å². The molecular weight excluding hydrogens is 659 g/mol. The van der Waals surface area contributed by atoms with Crippen LogP contribution in [0.15, 0.2) is 188 Å². The topological polar surface area (TPSA) is 48.5 Å². The first-order valence-corrected chi connectivity index (χ1v) is 18.2. The van der Waals surface area contributed by atoms with E-state index in [2.05, 4.69) is 155 Å². The molecule has 0 amide bonds. The van der Waals surface area contributed by atoms with E-state index in [1.54, 1.807) is 0 Å². The molecule has 5 nitrogen and oxygen atoms in total. The lowest BCUT2D eigenvalue weighted by Crippen LogP contribution is -2.02. The molecule has 4 heterocycles. The molecule has 0 radical (unpaired) electrons. The summed E-state index contributed by atoms with van der Waals surface area (Å²) in [6.45, 7) is 0. The first-order valence-electron chi connectivity index (χ1n) is 18.2. The van der Waals surface area contributed by atoms with Crippen molar-refractivity contribution < 1.29 is 0 Å². The highest BCUT2D eigenvalue weighted by molar-refractivity contribution is 6.10. The van der Waals surface area contributed by atoms with Crippen molar-refractivity contribution in [2.24, 2.45) is 0 Å². The van der Waals surface area contributed by atoms with Crippen molar-refractivity contribution in [2.45, 2.75) is 0 Å². The van der Waals surface area contributed by atoms with Crippen molar-refractivity contribution in [2.75, 3.05) is 0 Å². The minimum atomic E-state index is 0.581. The Balaban J connectivity index is 1.23. The fraction of sp³-hybridized carbons (Fsp3) is 0. The van der Waals surface area contributed by atoms with Gasteiger partial charge in [-0.1, -0.05) is 127 Å². The number of para-hydroxylation sites is 5. The van der Waals surface area contributed by atoms with Gasteiger partial charge in [0.15, 0.2) is 5.82 Å². The molecule has 0 fully saturated rings. The number of hydrogen-bond donors (Lipinski definition) is 0. The number of aromatic nitrogens is 5. The Morgan fingerprint density at radius 1 is 0.315 bits per heavy atom. The highest BCUT2D eigenvalue weighted by atomic mass is 15.0. The van der Waals surface area contributed by atoms with E-state index in [0.29, 0.717) is 5.82 Å². The van der Waals surface area contributed by atoms with Gasteiger partial charge in [-0.2, -0.15) is 0 Å². The van der Waals surface area contributed by atoms with Gasteiger partial charge in [-0.15, -0.1) is 0 Å². The smallest absolute Gasteiger partial charge is 0.179 e. The maximum atomic E-state index is 5.31. The molecule has 11 rings (SSSR count). The average Bonchev–Trinajstić information content (AvgIpc) is 3.77. The van der Waals surface area contributed by atoms with E-state index >= 15 is 0 Å². The lowest BCUT2D eigenvalue weighted by atomic mass is 10.0. The zero-order chi connectivity index (χ0) is 35.6. The standard InChI is InChI=1S/C49H31N5/c1-2-14-32(15-3-1)43-31-44(52-49(51-43)42-27-26-33-16-4-9-21-41(33)50-42)34-28-35(53-45-22-10-5-17-37(45)38-18-6-11-23-46(38)53)30-36(29-34)54-47-24-12-7-19-39(47)40-20-8-13-25-48(40)54/h1-31H. The van der Waals surface area contributed by atoms with E-state index in [1.165, 1.54) is 21.5 Å². The largest absolute Gasteiger partial charge is 0.309 e. The van der Waals surface area contributed by atoms with Crippen molar-refractivity contribution in [3.8, 4) is 45.4 Å². The molecule has 0 N–H and O–H groups in total. The van der Waals surface area contributed by atoms with Crippen molar-refractivity contribution in [1.29, 1.82) is 0 Å². The summed E-state index contributed by atoms with van der Waals surface area (Å²) in [4.78, 5) is 15.5. The van der Waals surface area contributed by atoms with Crippen LogP contribution < -0.4 is 0 Å². The normalized spacial score (nSPS) is 11.7. The SMILES string of the molecule is c1ccc(-c2cc(-c3cc(-n4c5ccccc5c5ccccc54)cc(-n4c5ccccc5c5ccccc54)c3)nc(-c3ccc4ccccc4n3)n2)cc1. The Labute approximate surface area is 311 Å². The summed E-state index contributed by atoms with van der Waals surface area (Å²) in [6, 6.07) is 66.2. The van der Waals surface area contributed by atoms with Gasteiger partial charge in [0.1, 0.15) is 5.69 Å². The zero-order valence-electron chi connectivity index (χ0n) is 29.1. The predicted octanol–water partition coefficient (Wildman–Crippen LogP) is 12.2. The molecule has 0 bridgehead atoms. The molecule has 0 aliphatic carbocycles. The van der Waals surface area contributed by atoms with Gasteiger partial charge in [-0.3, -0.25) is 0 Å². The van der Waals surface area contributed by atoms with Crippen LogP contribution in [0.5, 0.6) is 0 Å². The summed E-state index contributed by atoms with van der Waals surface area (Å²) in [5, 5.41) is 5.95. The van der Waals surface area contributed by atoms with E-state index in [9.17, 15) is 0 Å². The molecule has 0 saturated carbocycles. The van der Waals surface area contributed by atoms with Crippen LogP contribution in [0.4, 0.5) is 0 Å². The van der Waals surface area contributed by atoms with E-state index in [4.69, 9.17) is 15.0 Å². The molecule has 0 atom stereocenters. The molecule has 7 aromatic carbocycles. The molecular formula is C49H31N5. The third-order valence-electron chi connectivity index (χ3n) is 10.5. The molecule has 252 valence electrons. The van der Waals surface area contributed by atoms with Gasteiger partial charge < -0.3 is 9.13 Å². The summed E-state index contributed by atoms with van der Waals surface area (Å²) in [5.41, 5.74) is 12.0. The van der Waals surface area contributed by atoms with E-state index in [1.807, 2.05) is 42.5 Å². The van der Waals surface area contributed by atoms with Gasteiger partial charge in [0.25, 0.3) is 0 Å². The number of benzene rings is 7. The van der Waals surface area contributed by atoms with Gasteiger partial charge in [-0.25, -0.2) is 15.0 Å². The van der Waals surface area contributed by atoms with Crippen molar-refractivity contribution >= 4 is 54.5 Å². The van der Waals surface area contributed by atoms with Crippen LogP contribution in [0, 0.1) is 0 Å². The summed E-state index contributed by atoms with van der Waals surface area (Å²) < 4.78 is 4.77. The third kappa shape index (κ3) is 4.83. The maximum Gasteiger partial charge on any atom is 0.179 e. The maximum absolute atomic E-state index is 5.31. The number of nitrogens with zero attached hydrogens (tertiary/aromatic N) is 5. The molecule has 5 heteroatoms. The van der Waals surface area contributed by atoms with Crippen LogP contribution in [0.1, 0.15) is 0 Å². The fourth-order valence-corrected chi connectivity index (χ4v) is 8.06. The highest BCUT2D eigenvalue weighted by Gasteiger charge is 2.19. The van der Waals surface area contributed by atoms with Crippen molar-refractivity contribution in [3.63, 3.8) is 0 Å². The first-order chi connectivity index (χ1) is 26.8. The Kier molecular flexibility index (Phi) is 6.79. The molecule has 11 aromatic rings.